The van der Waals surface area contributed by atoms with Gasteiger partial charge in [-0.3, -0.25) is 10.1 Å². The molecule has 120 valence electrons. The van der Waals surface area contributed by atoms with Crippen LogP contribution in [0.1, 0.15) is 11.1 Å². The van der Waals surface area contributed by atoms with Crippen LogP contribution in [0.5, 0.6) is 11.5 Å². The van der Waals surface area contributed by atoms with Crippen molar-refractivity contribution in [1.29, 1.82) is 0 Å². The maximum absolute atomic E-state index is 10.9. The lowest BCUT2D eigenvalue weighted by Crippen LogP contribution is -2.30. The molecule has 2 aromatic carbocycles. The van der Waals surface area contributed by atoms with E-state index in [0.717, 1.165) is 30.0 Å². The third kappa shape index (κ3) is 2.92. The summed E-state index contributed by atoms with van der Waals surface area (Å²) in [7, 11) is 3.24. The first-order valence-electron chi connectivity index (χ1n) is 7.35. The molecule has 0 atom stereocenters. The van der Waals surface area contributed by atoms with Crippen molar-refractivity contribution in [2.24, 2.45) is 0 Å². The van der Waals surface area contributed by atoms with Gasteiger partial charge in [-0.05, 0) is 35.7 Å². The van der Waals surface area contributed by atoms with E-state index in [1.165, 1.54) is 11.6 Å². The Balaban J connectivity index is 1.90. The monoisotopic (exact) mass is 314 g/mol. The smallest absolute Gasteiger partial charge is 0.271 e. The van der Waals surface area contributed by atoms with Crippen molar-refractivity contribution in [3.05, 3.63) is 57.6 Å². The normalized spacial score (nSPS) is 13.4. The van der Waals surface area contributed by atoms with E-state index in [-0.39, 0.29) is 10.6 Å². The molecular weight excluding hydrogens is 296 g/mol. The van der Waals surface area contributed by atoms with Crippen LogP contribution in [0.15, 0.2) is 36.4 Å². The molecule has 0 saturated carbocycles. The quantitative estimate of drug-likeness (QED) is 0.640. The summed E-state index contributed by atoms with van der Waals surface area (Å²) < 4.78 is 10.7. The van der Waals surface area contributed by atoms with Crippen LogP contribution in [0.2, 0.25) is 0 Å². The van der Waals surface area contributed by atoms with E-state index in [9.17, 15) is 10.1 Å². The molecule has 1 heterocycles. The van der Waals surface area contributed by atoms with Gasteiger partial charge in [0.05, 0.1) is 19.1 Å². The molecule has 0 spiro atoms. The van der Waals surface area contributed by atoms with Gasteiger partial charge in [0, 0.05) is 30.9 Å². The van der Waals surface area contributed by atoms with Gasteiger partial charge in [-0.25, -0.2) is 0 Å². The highest BCUT2D eigenvalue weighted by atomic mass is 16.6. The number of nitrogens with zero attached hydrogens (tertiary/aromatic N) is 2. The maximum atomic E-state index is 10.9. The van der Waals surface area contributed by atoms with Crippen molar-refractivity contribution in [2.45, 2.75) is 13.0 Å². The molecule has 1 aliphatic heterocycles. The molecule has 23 heavy (non-hydrogen) atoms. The number of hydrogen-bond donors (Lipinski definition) is 0. The molecule has 2 aromatic rings. The predicted octanol–water partition coefficient (Wildman–Crippen LogP) is 3.17. The number of anilines is 1. The van der Waals surface area contributed by atoms with Crippen LogP contribution in [0, 0.1) is 10.1 Å². The molecule has 0 aliphatic carbocycles. The van der Waals surface area contributed by atoms with Gasteiger partial charge in [-0.1, -0.05) is 6.07 Å². The van der Waals surface area contributed by atoms with Gasteiger partial charge < -0.3 is 14.4 Å². The van der Waals surface area contributed by atoms with Gasteiger partial charge in [0.2, 0.25) is 0 Å². The molecular formula is C17H18N2O4. The van der Waals surface area contributed by atoms with E-state index in [4.69, 9.17) is 9.47 Å². The Kier molecular flexibility index (Phi) is 4.06. The fourth-order valence-corrected chi connectivity index (χ4v) is 2.91. The highest BCUT2D eigenvalue weighted by molar-refractivity contribution is 5.56. The SMILES string of the molecule is COc1cc2c(cc1OC)CN(c1cccc([N+](=O)[O-])c1)CC2. The van der Waals surface area contributed by atoms with Crippen molar-refractivity contribution < 1.29 is 14.4 Å². The second-order valence-electron chi connectivity index (χ2n) is 5.42. The number of nitro groups is 1. The molecule has 6 heteroatoms. The predicted molar refractivity (Wildman–Crippen MR) is 87.4 cm³/mol. The lowest BCUT2D eigenvalue weighted by atomic mass is 9.98. The number of ether oxygens (including phenoxy) is 2. The highest BCUT2D eigenvalue weighted by Crippen LogP contribution is 2.34. The van der Waals surface area contributed by atoms with Gasteiger partial charge in [-0.15, -0.1) is 0 Å². The Morgan fingerprint density at radius 3 is 2.43 bits per heavy atom. The third-order valence-electron chi connectivity index (χ3n) is 4.12. The van der Waals surface area contributed by atoms with Crippen molar-refractivity contribution >= 4 is 11.4 Å². The fourth-order valence-electron chi connectivity index (χ4n) is 2.91. The summed E-state index contributed by atoms with van der Waals surface area (Å²) in [5.74, 6) is 1.43. The second-order valence-corrected chi connectivity index (χ2v) is 5.42. The number of hydrogen-bond acceptors (Lipinski definition) is 5. The van der Waals surface area contributed by atoms with Crippen molar-refractivity contribution in [3.63, 3.8) is 0 Å². The van der Waals surface area contributed by atoms with E-state index in [0.29, 0.717) is 12.3 Å². The summed E-state index contributed by atoms with van der Waals surface area (Å²) in [6.45, 7) is 1.50. The van der Waals surface area contributed by atoms with Crippen LogP contribution < -0.4 is 14.4 Å². The summed E-state index contributed by atoms with van der Waals surface area (Å²) in [5, 5.41) is 10.9. The molecule has 0 N–H and O–H groups in total. The average molecular weight is 314 g/mol. The molecule has 6 nitrogen and oxygen atoms in total. The molecule has 0 amide bonds. The Morgan fingerprint density at radius 2 is 1.78 bits per heavy atom. The first kappa shape index (κ1) is 15.1. The summed E-state index contributed by atoms with van der Waals surface area (Å²) in [6, 6.07) is 10.7. The van der Waals surface area contributed by atoms with Crippen molar-refractivity contribution in [1.82, 2.24) is 0 Å². The summed E-state index contributed by atoms with van der Waals surface area (Å²) in [5.41, 5.74) is 3.35. The number of rotatable bonds is 4. The zero-order chi connectivity index (χ0) is 16.4. The zero-order valence-corrected chi connectivity index (χ0v) is 13.1. The number of nitro benzene ring substituents is 1. The molecule has 0 aromatic heterocycles. The molecule has 0 bridgehead atoms. The second kappa shape index (κ2) is 6.16. The topological polar surface area (TPSA) is 64.8 Å². The summed E-state index contributed by atoms with van der Waals surface area (Å²) in [4.78, 5) is 12.7. The Bertz CT molecular complexity index is 745. The maximum Gasteiger partial charge on any atom is 0.271 e. The van der Waals surface area contributed by atoms with Crippen LogP contribution in [-0.4, -0.2) is 25.7 Å². The molecule has 3 rings (SSSR count). The van der Waals surface area contributed by atoms with Crippen molar-refractivity contribution in [2.75, 3.05) is 25.7 Å². The Labute approximate surface area is 134 Å². The minimum Gasteiger partial charge on any atom is -0.493 e. The summed E-state index contributed by atoms with van der Waals surface area (Å²) in [6.07, 6.45) is 0.860. The van der Waals surface area contributed by atoms with Gasteiger partial charge in [0.15, 0.2) is 11.5 Å². The zero-order valence-electron chi connectivity index (χ0n) is 13.1. The minimum absolute atomic E-state index is 0.112. The largest absolute Gasteiger partial charge is 0.493 e. The number of non-ortho nitro benzene ring substituents is 1. The van der Waals surface area contributed by atoms with Crippen LogP contribution in [0.4, 0.5) is 11.4 Å². The lowest BCUT2D eigenvalue weighted by Gasteiger charge is -2.31. The number of benzene rings is 2. The van der Waals surface area contributed by atoms with Crippen LogP contribution in [-0.2, 0) is 13.0 Å². The molecule has 0 fully saturated rings. The van der Waals surface area contributed by atoms with E-state index in [1.54, 1.807) is 26.4 Å². The first-order chi connectivity index (χ1) is 11.1. The van der Waals surface area contributed by atoms with Crippen LogP contribution >= 0.6 is 0 Å². The molecule has 1 aliphatic rings. The average Bonchev–Trinajstić information content (AvgIpc) is 2.60. The number of fused-ring (bicyclic) bond motifs is 1. The van der Waals surface area contributed by atoms with E-state index < -0.39 is 0 Å². The summed E-state index contributed by atoms with van der Waals surface area (Å²) >= 11 is 0. The van der Waals surface area contributed by atoms with Gasteiger partial charge in [0.1, 0.15) is 0 Å². The first-order valence-corrected chi connectivity index (χ1v) is 7.35. The number of methoxy groups -OCH3 is 2. The van der Waals surface area contributed by atoms with E-state index in [1.807, 2.05) is 18.2 Å². The standard InChI is InChI=1S/C17H18N2O4/c1-22-16-8-12-6-7-18(11-13(12)9-17(16)23-2)14-4-3-5-15(10-14)19(20)21/h3-5,8-10H,6-7,11H2,1-2H3. The van der Waals surface area contributed by atoms with Crippen molar-refractivity contribution in [3.8, 4) is 11.5 Å². The van der Waals surface area contributed by atoms with E-state index >= 15 is 0 Å². The molecule has 0 saturated heterocycles. The highest BCUT2D eigenvalue weighted by Gasteiger charge is 2.20. The Morgan fingerprint density at radius 1 is 1.09 bits per heavy atom. The molecule has 0 unspecified atom stereocenters. The molecule has 0 radical (unpaired) electrons. The third-order valence-corrected chi connectivity index (χ3v) is 4.12. The lowest BCUT2D eigenvalue weighted by molar-refractivity contribution is -0.384. The van der Waals surface area contributed by atoms with Gasteiger partial charge in [-0.2, -0.15) is 0 Å². The fraction of sp³-hybridized carbons (Fsp3) is 0.294. The van der Waals surface area contributed by atoms with E-state index in [2.05, 4.69) is 4.90 Å². The Hall–Kier alpha value is -2.76. The van der Waals surface area contributed by atoms with Gasteiger partial charge in [0.25, 0.3) is 5.69 Å². The van der Waals surface area contributed by atoms with Crippen LogP contribution in [0.3, 0.4) is 0 Å². The minimum atomic E-state index is -0.366. The van der Waals surface area contributed by atoms with Gasteiger partial charge >= 0.3 is 0 Å². The van der Waals surface area contributed by atoms with Crippen LogP contribution in [0.25, 0.3) is 0 Å².